The average Bonchev–Trinajstić information content (AvgIpc) is 1.06. The van der Waals surface area contributed by atoms with E-state index in [-0.39, 0.29) is 13.0 Å². The number of hydrogen-bond acceptors (Lipinski definition) is 38. The molecular formula is C52H90N2O36. The van der Waals surface area contributed by atoms with Gasteiger partial charge < -0.3 is 190 Å². The molecule has 0 bridgehead atoms. The molecule has 38 heteroatoms. The molecule has 0 aromatic rings. The first-order valence-corrected chi connectivity index (χ1v) is 29.5. The number of hydrogen-bond donors (Lipinski definition) is 23. The third-order valence-electron chi connectivity index (χ3n) is 17.6. The van der Waals surface area contributed by atoms with E-state index in [4.69, 9.17) is 82.5 Å². The normalized spacial score (nSPS) is 53.1. The lowest BCUT2D eigenvalue weighted by molar-refractivity contribution is -0.391. The summed E-state index contributed by atoms with van der Waals surface area (Å²) in [5.41, 5.74) is 13.7. The van der Waals surface area contributed by atoms with Crippen molar-refractivity contribution >= 4 is 0 Å². The maximum Gasteiger partial charge on any atom is 0.187 e. The van der Waals surface area contributed by atoms with Gasteiger partial charge in [0.1, 0.15) is 159 Å². The number of nitrogens with two attached hydrogens (primary N) is 2. The number of aliphatic hydroxyl groups excluding tert-OH is 21. The quantitative estimate of drug-likeness (QED) is 0.0422. The molecule has 7 aliphatic heterocycles. The van der Waals surface area contributed by atoms with E-state index in [1.54, 1.807) is 0 Å². The molecule has 0 radical (unpaired) electrons. The highest BCUT2D eigenvalue weighted by molar-refractivity contribution is 5.04. The van der Waals surface area contributed by atoms with E-state index in [2.05, 4.69) is 6.58 Å². The van der Waals surface area contributed by atoms with Crippen LogP contribution in [0.4, 0.5) is 0 Å². The van der Waals surface area contributed by atoms with E-state index >= 15 is 0 Å². The third kappa shape index (κ3) is 15.5. The average molecular weight is 1320 g/mol. The zero-order valence-corrected chi connectivity index (χ0v) is 48.7. The summed E-state index contributed by atoms with van der Waals surface area (Å²) in [5.74, 6) is -1.20. The van der Waals surface area contributed by atoms with Crippen LogP contribution < -0.4 is 11.5 Å². The molecule has 8 aliphatic rings. The summed E-state index contributed by atoms with van der Waals surface area (Å²) in [6, 6.07) is -3.40. The number of rotatable bonds is 23. The van der Waals surface area contributed by atoms with Crippen molar-refractivity contribution in [2.75, 3.05) is 46.2 Å². The van der Waals surface area contributed by atoms with Crippen molar-refractivity contribution in [3.05, 3.63) is 12.7 Å². The first-order chi connectivity index (χ1) is 42.7. The number of ether oxygens (including phenoxy) is 15. The van der Waals surface area contributed by atoms with Gasteiger partial charge in [0.05, 0.1) is 76.1 Å². The van der Waals surface area contributed by atoms with E-state index < -0.39 is 285 Å². The smallest absolute Gasteiger partial charge is 0.187 e. The maximum atomic E-state index is 12.4. The van der Waals surface area contributed by atoms with Crippen LogP contribution in [0.25, 0.3) is 0 Å². The molecule has 0 spiro atoms. The van der Waals surface area contributed by atoms with Gasteiger partial charge in [0.15, 0.2) is 44.0 Å². The molecule has 7 saturated heterocycles. The zero-order valence-electron chi connectivity index (χ0n) is 48.7. The fourth-order valence-electron chi connectivity index (χ4n) is 12.1. The van der Waals surface area contributed by atoms with Crippen molar-refractivity contribution in [3.8, 4) is 0 Å². The molecule has 25 unspecified atom stereocenters. The van der Waals surface area contributed by atoms with Crippen LogP contribution in [0.3, 0.4) is 0 Å². The van der Waals surface area contributed by atoms with Gasteiger partial charge >= 0.3 is 0 Å². The Morgan fingerprint density at radius 2 is 0.722 bits per heavy atom. The van der Waals surface area contributed by atoms with Gasteiger partial charge in [-0.2, -0.15) is 0 Å². The van der Waals surface area contributed by atoms with Crippen molar-refractivity contribution in [3.63, 3.8) is 0 Å². The highest BCUT2D eigenvalue weighted by Gasteiger charge is 2.59. The molecule has 0 aromatic carbocycles. The van der Waals surface area contributed by atoms with E-state index in [1.165, 1.54) is 19.9 Å². The maximum absolute atomic E-state index is 12.4. The van der Waals surface area contributed by atoms with Gasteiger partial charge in [0.2, 0.25) is 0 Å². The third-order valence-corrected chi connectivity index (χ3v) is 17.6. The second kappa shape index (κ2) is 32.1. The fourth-order valence-corrected chi connectivity index (χ4v) is 12.1. The van der Waals surface area contributed by atoms with Crippen molar-refractivity contribution in [2.24, 2.45) is 17.4 Å². The van der Waals surface area contributed by atoms with Crippen molar-refractivity contribution < 1.29 is 178 Å². The summed E-state index contributed by atoms with van der Waals surface area (Å²) in [6.45, 7) is 0.530. The molecule has 8 fully saturated rings. The minimum Gasteiger partial charge on any atom is -0.396 e. The summed E-state index contributed by atoms with van der Waals surface area (Å²) >= 11 is 0. The molecule has 8 rings (SSSR count). The van der Waals surface area contributed by atoms with Crippen LogP contribution in [0.1, 0.15) is 20.3 Å². The summed E-state index contributed by atoms with van der Waals surface area (Å²) in [6.07, 6.45) is -66.4. The molecule has 25 N–H and O–H groups in total. The lowest BCUT2D eigenvalue weighted by atomic mass is 9.79. The number of aliphatic hydroxyl groups is 21. The SMILES string of the molecule is C=CCO[C@@H]1OC(CO)[C@@H](O[C@@H]2OC(CO[C@@H]3CC(CO)[C@@H](O[C@@H]4OC(CO)[C@H](O)C(O)C4O)C(OC4OC(C)[C@@H](O)C(O)C4O)C3N)[C@H](O)C(O[C@@H]3OC(CO)[C@@H](O[C@@H]4OC(C)[C@@H](O)C(O)C4O)C(O[C@@H]4OC(CO)[C@H](O)C(O)C4O)C3N)C2O)C(O)C1O. The fraction of sp³-hybridized carbons (Fsp3) is 0.962. The predicted octanol–water partition coefficient (Wildman–Crippen LogP) is -14.6. The van der Waals surface area contributed by atoms with Crippen molar-refractivity contribution in [1.82, 2.24) is 0 Å². The summed E-state index contributed by atoms with van der Waals surface area (Å²) < 4.78 is 89.1. The van der Waals surface area contributed by atoms with E-state index in [0.717, 1.165) is 0 Å². The standard InChI is InChI=1S/C52H90N2O36/c1-4-5-76-47-38(74)33(69)41(19(10-58)83-47)86-52-39(75)45(90-46-23(54)44(89-51-37(73)32(68)27(63)18(9-57)81-51)42(20(11-59)82-46)87-48-34(70)29(65)24(60)13(2)78-48)28(64)21(84-52)12-77-16-6-15(7-55)40(85-50-36(72)31(67)26(62)17(8-56)80-50)43(22(16)53)88-49-35(71)30(66)25(61)14(3)79-49/h4,13-52,55-75H,1,5-12,53-54H2,2-3H3/t13?,14?,15?,16-,17?,18?,19?,20?,21?,22?,23?,24-,25-,26+,27+,28+,29?,30?,31?,32?,33?,34?,35?,36?,37?,38?,39?,40-,41-,42-,43?,44?,45?,46+,47-,48+,49?,50+,51+,52+/m1/s1. The van der Waals surface area contributed by atoms with Crippen LogP contribution in [0.5, 0.6) is 0 Å². The molecule has 1 aliphatic carbocycles. The lowest BCUT2D eigenvalue weighted by Gasteiger charge is -2.51. The monoisotopic (exact) mass is 1320 g/mol. The Balaban J connectivity index is 1.11. The molecule has 40 atom stereocenters. The highest BCUT2D eigenvalue weighted by atomic mass is 16.8. The minimum atomic E-state index is -2.27. The lowest BCUT2D eigenvalue weighted by Crippen LogP contribution is -2.70. The Bertz CT molecular complexity index is 2190. The van der Waals surface area contributed by atoms with Crippen molar-refractivity contribution in [2.45, 2.75) is 260 Å². The van der Waals surface area contributed by atoms with Gasteiger partial charge in [0, 0.05) is 12.5 Å². The van der Waals surface area contributed by atoms with Crippen molar-refractivity contribution in [1.29, 1.82) is 0 Å². The first kappa shape index (κ1) is 74.0. The Morgan fingerprint density at radius 1 is 0.344 bits per heavy atom. The van der Waals surface area contributed by atoms with E-state index in [9.17, 15) is 107 Å². The van der Waals surface area contributed by atoms with Gasteiger partial charge in [0.25, 0.3) is 0 Å². The van der Waals surface area contributed by atoms with Gasteiger partial charge in [-0.05, 0) is 20.3 Å². The molecule has 524 valence electrons. The topological polar surface area (TPSA) is 615 Å². The van der Waals surface area contributed by atoms with Gasteiger partial charge in [-0.15, -0.1) is 6.58 Å². The second-order valence-electron chi connectivity index (χ2n) is 23.6. The molecule has 38 nitrogen and oxygen atoms in total. The van der Waals surface area contributed by atoms with Crippen LogP contribution >= 0.6 is 0 Å². The largest absolute Gasteiger partial charge is 0.396 e. The summed E-state index contributed by atoms with van der Waals surface area (Å²) in [7, 11) is 0. The van der Waals surface area contributed by atoms with Gasteiger partial charge in [-0.1, -0.05) is 6.08 Å². The molecule has 0 amide bonds. The molecule has 1 saturated carbocycles. The molecule has 0 aromatic heterocycles. The minimum absolute atomic E-state index is 0.195. The molecule has 7 heterocycles. The van der Waals surface area contributed by atoms with Gasteiger partial charge in [-0.3, -0.25) is 0 Å². The van der Waals surface area contributed by atoms with Crippen LogP contribution in [0, 0.1) is 5.92 Å². The zero-order chi connectivity index (χ0) is 66.1. The first-order valence-electron chi connectivity index (χ1n) is 29.5. The second-order valence-corrected chi connectivity index (χ2v) is 23.6. The van der Waals surface area contributed by atoms with Crippen LogP contribution in [0.2, 0.25) is 0 Å². The summed E-state index contributed by atoms with van der Waals surface area (Å²) in [4.78, 5) is 0. The van der Waals surface area contributed by atoms with Crippen LogP contribution in [-0.2, 0) is 71.1 Å². The van der Waals surface area contributed by atoms with E-state index in [1.807, 2.05) is 0 Å². The Labute approximate surface area is 513 Å². The predicted molar refractivity (Wildman–Crippen MR) is 283 cm³/mol. The van der Waals surface area contributed by atoms with Crippen LogP contribution in [0.15, 0.2) is 12.7 Å². The Morgan fingerprint density at radius 3 is 1.21 bits per heavy atom. The molecule has 90 heavy (non-hydrogen) atoms. The Hall–Kier alpha value is -1.78. The Kier molecular flexibility index (Phi) is 26.4. The van der Waals surface area contributed by atoms with Gasteiger partial charge in [-0.25, -0.2) is 0 Å². The molecular weight excluding hydrogens is 1230 g/mol. The van der Waals surface area contributed by atoms with Crippen LogP contribution in [-0.4, -0.2) is 393 Å². The summed E-state index contributed by atoms with van der Waals surface area (Å²) in [5, 5.41) is 228. The van der Waals surface area contributed by atoms with E-state index in [0.29, 0.717) is 0 Å². The highest BCUT2D eigenvalue weighted by Crippen LogP contribution is 2.40.